The number of esters is 1. The summed E-state index contributed by atoms with van der Waals surface area (Å²) >= 11 is 0. The number of fused-ring (bicyclic) bond motifs is 3. The number of cyclic esters (lactones) is 1. The van der Waals surface area contributed by atoms with Crippen molar-refractivity contribution in [2.45, 2.75) is 114 Å². The third-order valence-corrected chi connectivity index (χ3v) is 11.3. The van der Waals surface area contributed by atoms with E-state index in [1.165, 1.54) is 45.9 Å². The van der Waals surface area contributed by atoms with E-state index in [2.05, 4.69) is 20.7 Å². The van der Waals surface area contributed by atoms with Crippen LogP contribution in [0.4, 0.5) is 17.6 Å². The molecule has 61 heavy (non-hydrogen) atoms. The average Bonchev–Trinajstić information content (AvgIpc) is 3.85. The number of rotatable bonds is 9. The van der Waals surface area contributed by atoms with Gasteiger partial charge in [0, 0.05) is 39.0 Å². The lowest BCUT2D eigenvalue weighted by Gasteiger charge is -2.39. The Kier molecular flexibility index (Phi) is 13.9. The maximum absolute atomic E-state index is 14.5. The van der Waals surface area contributed by atoms with Crippen LogP contribution >= 0.6 is 0 Å². The molecule has 4 saturated heterocycles. The third kappa shape index (κ3) is 11.2. The van der Waals surface area contributed by atoms with Crippen molar-refractivity contribution in [2.75, 3.05) is 26.2 Å². The Morgan fingerprint density at radius 3 is 2.20 bits per heavy atom. The van der Waals surface area contributed by atoms with Gasteiger partial charge in [0.05, 0.1) is 6.42 Å². The summed E-state index contributed by atoms with van der Waals surface area (Å²) in [5, 5.41) is 7.81. The van der Waals surface area contributed by atoms with Crippen LogP contribution in [0.5, 0.6) is 5.75 Å². The molecule has 4 heterocycles. The Morgan fingerprint density at radius 1 is 0.852 bits per heavy atom. The van der Waals surface area contributed by atoms with E-state index in [0.29, 0.717) is 44.2 Å². The molecule has 0 unspecified atom stereocenters. The summed E-state index contributed by atoms with van der Waals surface area (Å²) in [5.41, 5.74) is 0.302. The molecule has 19 heteroatoms. The number of hydrogen-bond donors (Lipinski definition) is 3. The molecule has 4 aliphatic rings. The van der Waals surface area contributed by atoms with Crippen LogP contribution in [0.2, 0.25) is 0 Å². The van der Waals surface area contributed by atoms with Gasteiger partial charge in [0.2, 0.25) is 35.4 Å². The van der Waals surface area contributed by atoms with Crippen molar-refractivity contribution in [2.24, 2.45) is 5.92 Å². The number of hydrogen-bond acceptors (Lipinski definition) is 9. The molecule has 4 fully saturated rings. The molecule has 0 aliphatic carbocycles. The maximum Gasteiger partial charge on any atom is 0.394 e. The fourth-order valence-corrected chi connectivity index (χ4v) is 8.48. The first-order chi connectivity index (χ1) is 28.9. The van der Waals surface area contributed by atoms with E-state index in [1.54, 1.807) is 0 Å². The second-order valence-electron chi connectivity index (χ2n) is 16.3. The molecular weight excluding hydrogens is 808 g/mol. The van der Waals surface area contributed by atoms with Crippen molar-refractivity contribution in [1.29, 1.82) is 0 Å². The molecule has 2 aromatic rings. The van der Waals surface area contributed by atoms with E-state index in [-0.39, 0.29) is 56.1 Å². The highest BCUT2D eigenvalue weighted by molar-refractivity contribution is 5.98. The van der Waals surface area contributed by atoms with E-state index in [0.717, 1.165) is 12.1 Å². The molecule has 6 amide bonds. The Bertz CT molecular complexity index is 2000. The largest absolute Gasteiger partial charge is 0.461 e. The minimum Gasteiger partial charge on any atom is -0.461 e. The Hall–Kier alpha value is -5.75. The summed E-state index contributed by atoms with van der Waals surface area (Å²) in [6.07, 6.45) is -1.87. The van der Waals surface area contributed by atoms with Crippen LogP contribution in [0, 0.1) is 17.6 Å². The first kappa shape index (κ1) is 44.8. The molecule has 2 aromatic carbocycles. The molecule has 0 aromatic heterocycles. The molecule has 0 radical (unpaired) electrons. The highest BCUT2D eigenvalue weighted by Gasteiger charge is 2.46. The molecule has 330 valence electrons. The first-order valence-corrected chi connectivity index (χ1v) is 20.5. The molecule has 0 saturated carbocycles. The molecule has 0 spiro atoms. The summed E-state index contributed by atoms with van der Waals surface area (Å²) in [7, 11) is 0. The van der Waals surface area contributed by atoms with Gasteiger partial charge in [-0.05, 0) is 86.8 Å². The number of amides is 6. The van der Waals surface area contributed by atoms with Gasteiger partial charge in [0.15, 0.2) is 0 Å². The van der Waals surface area contributed by atoms with E-state index < -0.39 is 108 Å². The van der Waals surface area contributed by atoms with Crippen LogP contribution in [0.1, 0.15) is 70.4 Å². The molecular formula is C42H50F4N6O9. The highest BCUT2D eigenvalue weighted by atomic mass is 19.3. The number of carbonyl (C=O) groups is 7. The van der Waals surface area contributed by atoms with E-state index >= 15 is 0 Å². The zero-order valence-corrected chi connectivity index (χ0v) is 34.1. The third-order valence-electron chi connectivity index (χ3n) is 11.3. The minimum atomic E-state index is -3.45. The van der Waals surface area contributed by atoms with Crippen molar-refractivity contribution < 1.29 is 60.6 Å². The van der Waals surface area contributed by atoms with Crippen LogP contribution in [0.3, 0.4) is 0 Å². The van der Waals surface area contributed by atoms with Gasteiger partial charge in [0.1, 0.15) is 60.2 Å². The van der Waals surface area contributed by atoms with Gasteiger partial charge in [-0.25, -0.2) is 13.6 Å². The van der Waals surface area contributed by atoms with Gasteiger partial charge in [-0.2, -0.15) is 8.78 Å². The number of benzene rings is 2. The van der Waals surface area contributed by atoms with Crippen molar-refractivity contribution in [1.82, 2.24) is 30.7 Å². The predicted octanol–water partition coefficient (Wildman–Crippen LogP) is 2.38. The number of halogens is 4. The minimum absolute atomic E-state index is 0.0321. The van der Waals surface area contributed by atoms with E-state index in [9.17, 15) is 51.1 Å². The van der Waals surface area contributed by atoms with Crippen LogP contribution in [-0.4, -0.2) is 125 Å². The fourth-order valence-electron chi connectivity index (χ4n) is 8.48. The van der Waals surface area contributed by atoms with Gasteiger partial charge >= 0.3 is 12.1 Å². The highest BCUT2D eigenvalue weighted by Crippen LogP contribution is 2.28. The van der Waals surface area contributed by atoms with E-state index in [1.807, 2.05) is 6.92 Å². The van der Waals surface area contributed by atoms with Crippen LogP contribution in [0.15, 0.2) is 42.5 Å². The number of piperidine rings is 1. The number of nitrogens with one attached hydrogen (secondary N) is 3. The smallest absolute Gasteiger partial charge is 0.394 e. The van der Waals surface area contributed by atoms with Crippen molar-refractivity contribution in [3.8, 4) is 5.75 Å². The summed E-state index contributed by atoms with van der Waals surface area (Å²) in [4.78, 5) is 102. The standard InChI is InChI=1S/C42H50F4N6O9/c1-23-15-34-41(59)60-22-31(39(57)51-14-6-8-33(51)40(58)50-13-5-4-7-32(50)37(55)47-24(2)38(56)52(34)21-23)49-36(54)30(18-26-16-27(43)20-28(44)17-26)48-35(53)19-25-9-11-29(12-10-25)61-42(3,45)46/h9-12,16-17,20,23-24,30-34H,4-8,13-15,18-19,21-22H2,1-3H3,(H,47,55)(H,48,53)(H,49,54)/t23-,24+,30+,31+,32+,33+,34+/m1/s1. The second kappa shape index (κ2) is 18.9. The van der Waals surface area contributed by atoms with Gasteiger partial charge < -0.3 is 40.1 Å². The van der Waals surface area contributed by atoms with Crippen LogP contribution in [0.25, 0.3) is 0 Å². The average molecular weight is 859 g/mol. The van der Waals surface area contributed by atoms with E-state index in [4.69, 9.17) is 4.74 Å². The number of ether oxygens (including phenoxy) is 2. The zero-order valence-electron chi connectivity index (χ0n) is 34.1. The number of carbonyl (C=O) groups excluding carboxylic acids is 7. The Balaban J connectivity index is 1.29. The van der Waals surface area contributed by atoms with Crippen molar-refractivity contribution >= 4 is 41.4 Å². The number of alkyl halides is 2. The summed E-state index contributed by atoms with van der Waals surface area (Å²) in [5.74, 6) is -7.23. The summed E-state index contributed by atoms with van der Waals surface area (Å²) < 4.78 is 65.5. The topological polar surface area (TPSA) is 184 Å². The van der Waals surface area contributed by atoms with Gasteiger partial charge in [-0.3, -0.25) is 28.8 Å². The van der Waals surface area contributed by atoms with Gasteiger partial charge in [-0.1, -0.05) is 19.1 Å². The second-order valence-corrected chi connectivity index (χ2v) is 16.3. The SMILES string of the molecule is C[C@@H]1C[C@H]2C(=O)OC[C@H](NC(=O)[C@H](Cc3cc(F)cc(F)c3)NC(=O)Cc3ccc(OC(C)(F)F)cc3)C(=O)N3CCC[C@H]3C(=O)N3CCCC[C@H]3C(=O)N[C@@H](C)C(=O)N2C1. The quantitative estimate of drug-likeness (QED) is 0.252. The van der Waals surface area contributed by atoms with Gasteiger partial charge in [-0.15, -0.1) is 0 Å². The van der Waals surface area contributed by atoms with Crippen LogP contribution in [-0.2, 0) is 51.1 Å². The van der Waals surface area contributed by atoms with Crippen molar-refractivity contribution in [3.63, 3.8) is 0 Å². The first-order valence-electron chi connectivity index (χ1n) is 20.5. The molecule has 6 rings (SSSR count). The fraction of sp³-hybridized carbons (Fsp3) is 0.548. The predicted molar refractivity (Wildman–Crippen MR) is 207 cm³/mol. The summed E-state index contributed by atoms with van der Waals surface area (Å²) in [6, 6.07) is 0.402. The molecule has 15 nitrogen and oxygen atoms in total. The van der Waals surface area contributed by atoms with Crippen LogP contribution < -0.4 is 20.7 Å². The summed E-state index contributed by atoms with van der Waals surface area (Å²) in [6.45, 7) is 3.65. The maximum atomic E-state index is 14.5. The normalized spacial score (nSPS) is 25.8. The monoisotopic (exact) mass is 858 g/mol. The molecule has 3 N–H and O–H groups in total. The Labute approximate surface area is 349 Å². The lowest BCUT2D eigenvalue weighted by atomic mass is 9.99. The molecule has 0 bridgehead atoms. The molecule has 4 aliphatic heterocycles. The lowest BCUT2D eigenvalue weighted by molar-refractivity contribution is -0.159. The lowest BCUT2D eigenvalue weighted by Crippen LogP contribution is -2.62. The Morgan fingerprint density at radius 2 is 1.51 bits per heavy atom. The zero-order chi connectivity index (χ0) is 44.2. The number of nitrogens with zero attached hydrogens (tertiary/aromatic N) is 3. The van der Waals surface area contributed by atoms with Gasteiger partial charge in [0.25, 0.3) is 0 Å². The molecule has 7 atom stereocenters. The van der Waals surface area contributed by atoms with Crippen molar-refractivity contribution in [3.05, 3.63) is 65.2 Å².